The van der Waals surface area contributed by atoms with Gasteiger partial charge in [-0.05, 0) is 17.9 Å². The number of carbonyl (C=O) groups excluding carboxylic acids is 4. The third kappa shape index (κ3) is 6.71. The van der Waals surface area contributed by atoms with Crippen molar-refractivity contribution in [2.24, 2.45) is 11.8 Å². The predicted octanol–water partition coefficient (Wildman–Crippen LogP) is 1.77. The normalized spacial score (nSPS) is 17.6. The molecule has 2 amide bonds. The van der Waals surface area contributed by atoms with E-state index in [1.807, 2.05) is 30.3 Å². The molecule has 0 spiro atoms. The first kappa shape index (κ1) is 24.1. The van der Waals surface area contributed by atoms with Gasteiger partial charge in [0.15, 0.2) is 11.5 Å². The molecular formula is C23H28N4O6. The van der Waals surface area contributed by atoms with Gasteiger partial charge in [-0.15, -0.1) is 5.10 Å². The first-order valence-electron chi connectivity index (χ1n) is 11.0. The molecule has 0 saturated carbocycles. The van der Waals surface area contributed by atoms with Crippen LogP contribution in [0, 0.1) is 11.8 Å². The van der Waals surface area contributed by atoms with E-state index in [0.717, 1.165) is 5.56 Å². The van der Waals surface area contributed by atoms with Crippen LogP contribution in [0.2, 0.25) is 0 Å². The number of aromatic nitrogens is 2. The third-order valence-electron chi connectivity index (χ3n) is 5.54. The Kier molecular flexibility index (Phi) is 8.28. The van der Waals surface area contributed by atoms with E-state index in [1.54, 1.807) is 13.8 Å². The topological polar surface area (TPSA) is 140 Å². The van der Waals surface area contributed by atoms with Gasteiger partial charge >= 0.3 is 6.09 Å². The molecule has 0 bridgehead atoms. The van der Waals surface area contributed by atoms with E-state index in [9.17, 15) is 19.2 Å². The number of aryl methyl sites for hydroxylation is 1. The molecule has 33 heavy (non-hydrogen) atoms. The lowest BCUT2D eigenvalue weighted by Gasteiger charge is -2.23. The van der Waals surface area contributed by atoms with Gasteiger partial charge in [0.05, 0.1) is 6.04 Å². The third-order valence-corrected chi connectivity index (χ3v) is 5.54. The quantitative estimate of drug-likeness (QED) is 0.601. The first-order chi connectivity index (χ1) is 15.8. The standard InChI is InChI=1S/C23H28N4O6/c1-14(2)20(25-23(31)32-13-15-6-4-3-5-7-15)18(28)12-16-8-9-19-17(26-27-33-19)10-11-24-22(30)21(16)29/h3-7,14,16,20H,8-13H2,1-2H3,(H,24,30)(H,25,31). The van der Waals surface area contributed by atoms with Crippen molar-refractivity contribution in [3.63, 3.8) is 0 Å². The Morgan fingerprint density at radius 2 is 1.97 bits per heavy atom. The fourth-order valence-corrected chi connectivity index (χ4v) is 3.69. The number of alkyl carbamates (subject to hydrolysis) is 1. The van der Waals surface area contributed by atoms with Gasteiger partial charge in [-0.2, -0.15) is 0 Å². The number of benzene rings is 1. The van der Waals surface area contributed by atoms with Gasteiger partial charge < -0.3 is 19.9 Å². The molecule has 2 heterocycles. The lowest BCUT2D eigenvalue weighted by atomic mass is 9.86. The van der Waals surface area contributed by atoms with Gasteiger partial charge in [0.2, 0.25) is 5.78 Å². The second-order valence-corrected chi connectivity index (χ2v) is 8.35. The molecule has 0 fully saturated rings. The van der Waals surface area contributed by atoms with Gasteiger partial charge in [-0.25, -0.2) is 4.79 Å². The van der Waals surface area contributed by atoms with Crippen molar-refractivity contribution in [1.82, 2.24) is 21.0 Å². The SMILES string of the molecule is CC(C)C(NC(=O)OCc1ccccc1)C(=O)CC1CCc2onnc2CCNC(=O)C1=O. The van der Waals surface area contributed by atoms with Crippen LogP contribution in [-0.4, -0.2) is 46.5 Å². The minimum atomic E-state index is -0.859. The van der Waals surface area contributed by atoms with Crippen LogP contribution >= 0.6 is 0 Å². The zero-order chi connectivity index (χ0) is 23.8. The summed E-state index contributed by atoms with van der Waals surface area (Å²) in [5, 5.41) is 12.6. The number of ether oxygens (including phenoxy) is 1. The number of Topliss-reactive ketones (excluding diaryl/α,β-unsaturated/α-hetero) is 2. The largest absolute Gasteiger partial charge is 0.445 e. The number of ketones is 2. The summed E-state index contributed by atoms with van der Waals surface area (Å²) in [6.45, 7) is 3.86. The minimum absolute atomic E-state index is 0.0700. The smallest absolute Gasteiger partial charge is 0.408 e. The lowest BCUT2D eigenvalue weighted by molar-refractivity contribution is -0.141. The van der Waals surface area contributed by atoms with Crippen molar-refractivity contribution in [2.45, 2.75) is 52.2 Å². The molecule has 1 aliphatic heterocycles. The zero-order valence-corrected chi connectivity index (χ0v) is 18.7. The molecule has 10 heteroatoms. The molecule has 2 N–H and O–H groups in total. The summed E-state index contributed by atoms with van der Waals surface area (Å²) in [5.41, 5.74) is 1.44. The lowest BCUT2D eigenvalue weighted by Crippen LogP contribution is -2.46. The molecule has 1 aliphatic rings. The number of carbonyl (C=O) groups is 4. The van der Waals surface area contributed by atoms with Crippen LogP contribution in [0.15, 0.2) is 34.9 Å². The molecule has 1 aromatic carbocycles. The molecule has 0 saturated heterocycles. The van der Waals surface area contributed by atoms with E-state index >= 15 is 0 Å². The maximum atomic E-state index is 13.1. The van der Waals surface area contributed by atoms with Crippen molar-refractivity contribution >= 4 is 23.6 Å². The molecule has 2 unspecified atom stereocenters. The Labute approximate surface area is 191 Å². The van der Waals surface area contributed by atoms with E-state index in [4.69, 9.17) is 9.26 Å². The molecule has 3 rings (SSSR count). The van der Waals surface area contributed by atoms with E-state index in [-0.39, 0.29) is 37.7 Å². The number of hydrogen-bond donors (Lipinski definition) is 2. The van der Waals surface area contributed by atoms with Gasteiger partial charge in [-0.1, -0.05) is 44.2 Å². The summed E-state index contributed by atoms with van der Waals surface area (Å²) >= 11 is 0. The summed E-state index contributed by atoms with van der Waals surface area (Å²) < 4.78 is 10.4. The fourth-order valence-electron chi connectivity index (χ4n) is 3.69. The average molecular weight is 456 g/mol. The zero-order valence-electron chi connectivity index (χ0n) is 18.7. The van der Waals surface area contributed by atoms with Crippen LogP contribution in [0.1, 0.15) is 43.7 Å². The molecule has 176 valence electrons. The highest BCUT2D eigenvalue weighted by molar-refractivity contribution is 6.37. The highest BCUT2D eigenvalue weighted by Crippen LogP contribution is 2.20. The molecule has 0 aliphatic carbocycles. The van der Waals surface area contributed by atoms with Crippen LogP contribution in [-0.2, 0) is 38.6 Å². The molecule has 1 aromatic heterocycles. The first-order valence-corrected chi connectivity index (χ1v) is 11.0. The van der Waals surface area contributed by atoms with Crippen molar-refractivity contribution in [2.75, 3.05) is 6.54 Å². The van der Waals surface area contributed by atoms with Crippen molar-refractivity contribution in [3.8, 4) is 0 Å². The van der Waals surface area contributed by atoms with Crippen molar-refractivity contribution in [1.29, 1.82) is 0 Å². The van der Waals surface area contributed by atoms with E-state index in [2.05, 4.69) is 21.0 Å². The van der Waals surface area contributed by atoms with E-state index in [1.165, 1.54) is 0 Å². The summed E-state index contributed by atoms with van der Waals surface area (Å²) in [5.74, 6) is -2.29. The summed E-state index contributed by atoms with van der Waals surface area (Å²) in [7, 11) is 0. The van der Waals surface area contributed by atoms with Gasteiger partial charge in [-0.3, -0.25) is 14.4 Å². The number of fused-ring (bicyclic) bond motifs is 1. The molecule has 0 radical (unpaired) electrons. The number of nitrogens with one attached hydrogen (secondary N) is 2. The molecule has 10 nitrogen and oxygen atoms in total. The highest BCUT2D eigenvalue weighted by Gasteiger charge is 2.33. The summed E-state index contributed by atoms with van der Waals surface area (Å²) in [6.07, 6.45) is 0.0542. The fraction of sp³-hybridized carbons (Fsp3) is 0.478. The van der Waals surface area contributed by atoms with Crippen molar-refractivity contribution < 1.29 is 28.4 Å². The minimum Gasteiger partial charge on any atom is -0.445 e. The highest BCUT2D eigenvalue weighted by atomic mass is 16.5. The predicted molar refractivity (Wildman–Crippen MR) is 116 cm³/mol. The number of hydrogen-bond acceptors (Lipinski definition) is 8. The maximum Gasteiger partial charge on any atom is 0.408 e. The van der Waals surface area contributed by atoms with Crippen LogP contribution in [0.5, 0.6) is 0 Å². The van der Waals surface area contributed by atoms with Crippen LogP contribution in [0.3, 0.4) is 0 Å². The Balaban J connectivity index is 1.64. The monoisotopic (exact) mass is 456 g/mol. The molecule has 2 aromatic rings. The summed E-state index contributed by atoms with van der Waals surface area (Å²) in [6, 6.07) is 8.32. The molecular weight excluding hydrogens is 428 g/mol. The Hall–Kier alpha value is -3.56. The number of nitrogens with zero attached hydrogens (tertiary/aromatic N) is 2. The van der Waals surface area contributed by atoms with Crippen LogP contribution < -0.4 is 10.6 Å². The Morgan fingerprint density at radius 1 is 1.21 bits per heavy atom. The van der Waals surface area contributed by atoms with E-state index < -0.39 is 29.7 Å². The second kappa shape index (κ2) is 11.3. The number of rotatable bonds is 7. The van der Waals surface area contributed by atoms with Crippen LogP contribution in [0.4, 0.5) is 4.79 Å². The summed E-state index contributed by atoms with van der Waals surface area (Å²) in [4.78, 5) is 50.3. The molecule has 2 atom stereocenters. The van der Waals surface area contributed by atoms with Crippen molar-refractivity contribution in [3.05, 3.63) is 47.3 Å². The Morgan fingerprint density at radius 3 is 2.70 bits per heavy atom. The van der Waals surface area contributed by atoms with Gasteiger partial charge in [0.1, 0.15) is 12.3 Å². The average Bonchev–Trinajstić information content (AvgIpc) is 3.25. The Bertz CT molecular complexity index is 988. The van der Waals surface area contributed by atoms with E-state index in [0.29, 0.717) is 24.3 Å². The van der Waals surface area contributed by atoms with Crippen LogP contribution in [0.25, 0.3) is 0 Å². The number of amides is 2. The second-order valence-electron chi connectivity index (χ2n) is 8.35. The van der Waals surface area contributed by atoms with Gasteiger partial charge in [0.25, 0.3) is 5.91 Å². The van der Waals surface area contributed by atoms with Gasteiger partial charge in [0, 0.05) is 37.0 Å². The maximum absolute atomic E-state index is 13.1.